The molecule has 92 heavy (non-hydrogen) atoms. The summed E-state index contributed by atoms with van der Waals surface area (Å²) in [5, 5.41) is 10.6. The zero-order valence-electron chi connectivity index (χ0n) is 60.2. The van der Waals surface area contributed by atoms with Crippen LogP contribution < -0.4 is 0 Å². The molecule has 0 aromatic heterocycles. The minimum atomic E-state index is -4.95. The topological polar surface area (TPSA) is 237 Å². The van der Waals surface area contributed by atoms with Crippen molar-refractivity contribution in [3.8, 4) is 0 Å². The predicted octanol–water partition coefficient (Wildman–Crippen LogP) is 20.9. The Morgan fingerprint density at radius 1 is 0.304 bits per heavy atom. The molecule has 17 nitrogen and oxygen atoms in total. The molecule has 3 N–H and O–H groups in total. The van der Waals surface area contributed by atoms with Crippen molar-refractivity contribution in [2.75, 3.05) is 39.6 Å². The lowest BCUT2D eigenvalue weighted by Gasteiger charge is -2.21. The molecule has 0 heterocycles. The van der Waals surface area contributed by atoms with Crippen molar-refractivity contribution >= 4 is 39.5 Å². The summed E-state index contributed by atoms with van der Waals surface area (Å²) in [5.41, 5.74) is 0. The summed E-state index contributed by atoms with van der Waals surface area (Å²) in [4.78, 5) is 72.6. The van der Waals surface area contributed by atoms with E-state index in [1.807, 2.05) is 0 Å². The second-order valence-electron chi connectivity index (χ2n) is 28.0. The van der Waals surface area contributed by atoms with Crippen molar-refractivity contribution in [3.63, 3.8) is 0 Å². The van der Waals surface area contributed by atoms with Gasteiger partial charge >= 0.3 is 39.5 Å². The fourth-order valence-electron chi connectivity index (χ4n) is 11.0. The number of ether oxygens (including phenoxy) is 4. The molecule has 546 valence electrons. The Morgan fingerprint density at radius 2 is 0.522 bits per heavy atom. The average Bonchev–Trinajstić information content (AvgIpc) is 1.38. The number of phosphoric acid groups is 2. The van der Waals surface area contributed by atoms with E-state index >= 15 is 0 Å². The molecule has 0 saturated carbocycles. The van der Waals surface area contributed by atoms with Crippen molar-refractivity contribution in [2.45, 2.75) is 382 Å². The second-order valence-corrected chi connectivity index (χ2v) is 30.9. The molecule has 0 saturated heterocycles. The molecule has 0 aromatic rings. The van der Waals surface area contributed by atoms with E-state index < -0.39 is 97.5 Å². The normalized spacial score (nSPS) is 14.5. The number of unbranched alkanes of at least 4 members (excludes halogenated alkanes) is 35. The summed E-state index contributed by atoms with van der Waals surface area (Å²) in [7, 11) is -9.91. The maximum Gasteiger partial charge on any atom is 0.472 e. The van der Waals surface area contributed by atoms with Crippen LogP contribution in [-0.2, 0) is 65.4 Å². The number of carbonyl (C=O) groups excluding carboxylic acids is 4. The van der Waals surface area contributed by atoms with Crippen molar-refractivity contribution in [3.05, 3.63) is 0 Å². The van der Waals surface area contributed by atoms with Gasteiger partial charge in [-0.15, -0.1) is 0 Å². The van der Waals surface area contributed by atoms with Gasteiger partial charge in [-0.1, -0.05) is 312 Å². The van der Waals surface area contributed by atoms with Gasteiger partial charge in [0.15, 0.2) is 12.2 Å². The lowest BCUT2D eigenvalue weighted by atomic mass is 10.00. The first-order chi connectivity index (χ1) is 44.1. The molecule has 0 bridgehead atoms. The Kier molecular flexibility index (Phi) is 61.3. The summed E-state index contributed by atoms with van der Waals surface area (Å²) in [5.74, 6) is 0.850. The number of phosphoric ester groups is 2. The van der Waals surface area contributed by atoms with E-state index in [4.69, 9.17) is 37.0 Å². The largest absolute Gasteiger partial charge is 0.472 e. The van der Waals surface area contributed by atoms with Gasteiger partial charge in [0, 0.05) is 25.7 Å². The standard InChI is InChI=1S/C73H142O17P2/c1-9-66(8)52-44-36-30-32-38-46-54-71(76)84-60-68(89-72(77)55-47-39-28-24-19-15-13-11-10-12-14-17-21-25-33-41-49-63(2)3)61-87-91(79,80)85-57-67(74)58-86-92(81,82)88-62-69(90-73(78)56-48-40-31-29-35-43-51-65(6)7)59-83-70(75)53-45-37-27-23-20-16-18-22-26-34-42-50-64(4)5/h63-69,74H,9-62H2,1-8H3,(H,79,80)(H,81,82)/t66?,67-,68+,69+/m0/s1. The molecule has 6 atom stereocenters. The van der Waals surface area contributed by atoms with E-state index in [-0.39, 0.29) is 25.7 Å². The Bertz CT molecular complexity index is 1820. The summed E-state index contributed by atoms with van der Waals surface area (Å²) >= 11 is 0. The third-order valence-corrected chi connectivity index (χ3v) is 19.1. The average molecular weight is 1350 g/mol. The highest BCUT2D eigenvalue weighted by Gasteiger charge is 2.30. The van der Waals surface area contributed by atoms with Crippen LogP contribution in [0.15, 0.2) is 0 Å². The quantitative estimate of drug-likeness (QED) is 0.0222. The number of esters is 4. The number of aliphatic hydroxyl groups is 1. The van der Waals surface area contributed by atoms with Gasteiger partial charge in [0.05, 0.1) is 26.4 Å². The lowest BCUT2D eigenvalue weighted by Crippen LogP contribution is -2.30. The van der Waals surface area contributed by atoms with Crippen LogP contribution in [0, 0.1) is 23.7 Å². The fourth-order valence-corrected chi connectivity index (χ4v) is 12.6. The van der Waals surface area contributed by atoms with Gasteiger partial charge in [0.1, 0.15) is 19.3 Å². The molecular formula is C73H142O17P2. The molecule has 0 aliphatic carbocycles. The first-order valence-electron chi connectivity index (χ1n) is 37.7. The van der Waals surface area contributed by atoms with Crippen LogP contribution in [-0.4, -0.2) is 96.7 Å². The van der Waals surface area contributed by atoms with Gasteiger partial charge in [-0.3, -0.25) is 37.3 Å². The molecule has 3 unspecified atom stereocenters. The number of carbonyl (C=O) groups is 4. The van der Waals surface area contributed by atoms with E-state index in [0.29, 0.717) is 31.6 Å². The van der Waals surface area contributed by atoms with Crippen molar-refractivity contribution < 1.29 is 80.2 Å². The third-order valence-electron chi connectivity index (χ3n) is 17.2. The van der Waals surface area contributed by atoms with E-state index in [2.05, 4.69) is 55.4 Å². The Hall–Kier alpha value is -1.94. The van der Waals surface area contributed by atoms with Crippen LogP contribution >= 0.6 is 15.6 Å². The smallest absolute Gasteiger partial charge is 0.462 e. The van der Waals surface area contributed by atoms with E-state index in [1.165, 1.54) is 161 Å². The van der Waals surface area contributed by atoms with Crippen LogP contribution in [0.2, 0.25) is 0 Å². The van der Waals surface area contributed by atoms with E-state index in [1.54, 1.807) is 0 Å². The van der Waals surface area contributed by atoms with Crippen LogP contribution in [0.5, 0.6) is 0 Å². The lowest BCUT2D eigenvalue weighted by molar-refractivity contribution is -0.161. The van der Waals surface area contributed by atoms with E-state index in [9.17, 15) is 43.2 Å². The van der Waals surface area contributed by atoms with Crippen LogP contribution in [0.1, 0.15) is 364 Å². The molecule has 0 aromatic carbocycles. The summed E-state index contributed by atoms with van der Waals surface area (Å²) in [6, 6.07) is 0. The molecular weight excluding hydrogens is 1210 g/mol. The Morgan fingerprint density at radius 3 is 0.772 bits per heavy atom. The fraction of sp³-hybridized carbons (Fsp3) is 0.945. The summed E-state index contributed by atoms with van der Waals surface area (Å²) in [6.45, 7) is 14.1. The Labute approximate surface area is 562 Å². The molecule has 0 fully saturated rings. The molecule has 0 amide bonds. The summed E-state index contributed by atoms with van der Waals surface area (Å²) < 4.78 is 68.3. The number of hydrogen-bond acceptors (Lipinski definition) is 15. The minimum Gasteiger partial charge on any atom is -0.462 e. The summed E-state index contributed by atoms with van der Waals surface area (Å²) in [6.07, 6.45) is 46.1. The SMILES string of the molecule is CCC(C)CCCCCCCCC(=O)OC[C@H](COP(=O)(O)OC[C@H](O)COP(=O)(O)OC[C@@H](COC(=O)CCCCCCCCCCCCCC(C)C)OC(=O)CCCCCCCCC(C)C)OC(=O)CCCCCCCCCCCCCCCCCCC(C)C. The minimum absolute atomic E-state index is 0.102. The first kappa shape index (κ1) is 90.1. The van der Waals surface area contributed by atoms with Gasteiger partial charge in [-0.25, -0.2) is 9.13 Å². The first-order valence-corrected chi connectivity index (χ1v) is 40.7. The number of rotatable bonds is 70. The molecule has 0 aliphatic heterocycles. The monoisotopic (exact) mass is 1350 g/mol. The van der Waals surface area contributed by atoms with Gasteiger partial charge in [0.2, 0.25) is 0 Å². The van der Waals surface area contributed by atoms with Crippen molar-refractivity contribution in [2.24, 2.45) is 23.7 Å². The van der Waals surface area contributed by atoms with Gasteiger partial charge in [-0.2, -0.15) is 0 Å². The second kappa shape index (κ2) is 62.6. The molecule has 0 spiro atoms. The predicted molar refractivity (Wildman–Crippen MR) is 372 cm³/mol. The van der Waals surface area contributed by atoms with Gasteiger partial charge in [-0.05, 0) is 49.4 Å². The maximum absolute atomic E-state index is 13.0. The Balaban J connectivity index is 5.18. The van der Waals surface area contributed by atoms with E-state index in [0.717, 1.165) is 114 Å². The van der Waals surface area contributed by atoms with Crippen molar-refractivity contribution in [1.29, 1.82) is 0 Å². The van der Waals surface area contributed by atoms with Crippen molar-refractivity contribution in [1.82, 2.24) is 0 Å². The highest BCUT2D eigenvalue weighted by Crippen LogP contribution is 2.45. The highest BCUT2D eigenvalue weighted by molar-refractivity contribution is 7.47. The number of hydrogen-bond donors (Lipinski definition) is 3. The van der Waals surface area contributed by atoms with Crippen LogP contribution in [0.3, 0.4) is 0 Å². The van der Waals surface area contributed by atoms with Crippen LogP contribution in [0.4, 0.5) is 0 Å². The zero-order valence-corrected chi connectivity index (χ0v) is 62.0. The van der Waals surface area contributed by atoms with Gasteiger partial charge in [0.25, 0.3) is 0 Å². The highest BCUT2D eigenvalue weighted by atomic mass is 31.2. The molecule has 0 radical (unpaired) electrons. The third kappa shape index (κ3) is 65.4. The molecule has 19 heteroatoms. The maximum atomic E-state index is 13.0. The molecule has 0 rings (SSSR count). The van der Waals surface area contributed by atoms with Gasteiger partial charge < -0.3 is 33.8 Å². The number of aliphatic hydroxyl groups excluding tert-OH is 1. The van der Waals surface area contributed by atoms with Crippen LogP contribution in [0.25, 0.3) is 0 Å². The molecule has 0 aliphatic rings. The zero-order chi connectivity index (χ0) is 68.2.